The Hall–Kier alpha value is -2.01. The molecule has 142 valence electrons. The molecule has 0 saturated carbocycles. The normalized spacial score (nSPS) is 11.4. The molecule has 0 spiro atoms. The van der Waals surface area contributed by atoms with Crippen LogP contribution in [-0.4, -0.2) is 35.0 Å². The van der Waals surface area contributed by atoms with Crippen molar-refractivity contribution in [3.8, 4) is 0 Å². The molecule has 1 N–H and O–H groups in total. The monoisotopic (exact) mass is 382 g/mol. The zero-order valence-electron chi connectivity index (χ0n) is 16.1. The van der Waals surface area contributed by atoms with E-state index in [0.717, 1.165) is 56.0 Å². The van der Waals surface area contributed by atoms with Gasteiger partial charge in [-0.3, -0.25) is 9.97 Å². The second-order valence-corrected chi connectivity index (χ2v) is 7.45. The Morgan fingerprint density at radius 1 is 1.07 bits per heavy atom. The van der Waals surface area contributed by atoms with Gasteiger partial charge in [-0.2, -0.15) is 0 Å². The molecule has 0 atom stereocenters. The minimum Gasteiger partial charge on any atom is -0.311 e. The topological polar surface area (TPSA) is 41.1 Å². The highest BCUT2D eigenvalue weighted by atomic mass is 35.5. The standard InChI is InChI=1S/C22H27ClN4/c1-17-13-19(23)14-26-21(17)15-24-10-5-6-12-27(2)16-22-20-8-4-3-7-18(20)9-11-25-22/h3-4,7-9,11,13-14,24H,5-6,10,12,15-16H2,1-2H3. The number of rotatable bonds is 9. The van der Waals surface area contributed by atoms with E-state index in [4.69, 9.17) is 11.6 Å². The van der Waals surface area contributed by atoms with Crippen LogP contribution in [0, 0.1) is 6.92 Å². The highest BCUT2D eigenvalue weighted by Crippen LogP contribution is 2.17. The van der Waals surface area contributed by atoms with Crippen molar-refractivity contribution in [2.24, 2.45) is 0 Å². The summed E-state index contributed by atoms with van der Waals surface area (Å²) < 4.78 is 0. The van der Waals surface area contributed by atoms with Crippen LogP contribution < -0.4 is 5.32 Å². The average Bonchev–Trinajstić information content (AvgIpc) is 2.66. The third-order valence-electron chi connectivity index (χ3n) is 4.76. The van der Waals surface area contributed by atoms with Gasteiger partial charge in [0.15, 0.2) is 0 Å². The van der Waals surface area contributed by atoms with Crippen LogP contribution in [0.15, 0.2) is 48.8 Å². The fraction of sp³-hybridized carbons (Fsp3) is 0.364. The van der Waals surface area contributed by atoms with Crippen LogP contribution in [0.4, 0.5) is 0 Å². The first-order chi connectivity index (χ1) is 13.1. The van der Waals surface area contributed by atoms with Crippen LogP contribution in [0.5, 0.6) is 0 Å². The van der Waals surface area contributed by atoms with E-state index in [2.05, 4.69) is 57.6 Å². The van der Waals surface area contributed by atoms with Gasteiger partial charge in [0.2, 0.25) is 0 Å². The Labute approximate surface area is 166 Å². The second-order valence-electron chi connectivity index (χ2n) is 7.02. The van der Waals surface area contributed by atoms with Crippen LogP contribution in [0.25, 0.3) is 10.8 Å². The smallest absolute Gasteiger partial charge is 0.0622 e. The molecule has 0 saturated heterocycles. The highest BCUT2D eigenvalue weighted by molar-refractivity contribution is 6.30. The number of benzene rings is 1. The van der Waals surface area contributed by atoms with Gasteiger partial charge in [-0.25, -0.2) is 0 Å². The number of nitrogens with one attached hydrogen (secondary N) is 1. The van der Waals surface area contributed by atoms with Crippen molar-refractivity contribution < 1.29 is 0 Å². The molecule has 3 rings (SSSR count). The molecule has 0 aliphatic heterocycles. The van der Waals surface area contributed by atoms with Gasteiger partial charge in [0.25, 0.3) is 0 Å². The highest BCUT2D eigenvalue weighted by Gasteiger charge is 2.06. The Morgan fingerprint density at radius 2 is 1.93 bits per heavy atom. The van der Waals surface area contributed by atoms with Crippen molar-refractivity contribution in [1.29, 1.82) is 0 Å². The molecule has 27 heavy (non-hydrogen) atoms. The van der Waals surface area contributed by atoms with Crippen molar-refractivity contribution in [3.05, 3.63) is 70.8 Å². The fourth-order valence-corrected chi connectivity index (χ4v) is 3.45. The minimum atomic E-state index is 0.694. The van der Waals surface area contributed by atoms with Gasteiger partial charge >= 0.3 is 0 Å². The number of nitrogens with zero attached hydrogens (tertiary/aromatic N) is 3. The molecule has 0 bridgehead atoms. The van der Waals surface area contributed by atoms with E-state index < -0.39 is 0 Å². The van der Waals surface area contributed by atoms with Gasteiger partial charge in [-0.15, -0.1) is 0 Å². The lowest BCUT2D eigenvalue weighted by molar-refractivity contribution is 0.315. The molecule has 2 heterocycles. The summed E-state index contributed by atoms with van der Waals surface area (Å²) in [6.45, 7) is 5.77. The fourth-order valence-electron chi connectivity index (χ4n) is 3.24. The Balaban J connectivity index is 1.38. The number of aromatic nitrogens is 2. The molecule has 0 radical (unpaired) electrons. The predicted octanol–water partition coefficient (Wildman–Crippen LogP) is 4.59. The van der Waals surface area contributed by atoms with Gasteiger partial charge in [-0.1, -0.05) is 35.9 Å². The molecule has 1 aromatic carbocycles. The van der Waals surface area contributed by atoms with Gasteiger partial charge in [0.05, 0.1) is 16.4 Å². The van der Waals surface area contributed by atoms with Crippen molar-refractivity contribution in [2.75, 3.05) is 20.1 Å². The van der Waals surface area contributed by atoms with Crippen LogP contribution in [0.1, 0.15) is 29.8 Å². The van der Waals surface area contributed by atoms with Crippen molar-refractivity contribution >= 4 is 22.4 Å². The molecule has 4 nitrogen and oxygen atoms in total. The second kappa shape index (κ2) is 9.79. The average molecular weight is 383 g/mol. The maximum absolute atomic E-state index is 5.95. The van der Waals surface area contributed by atoms with Crippen LogP contribution in [-0.2, 0) is 13.1 Å². The molecule has 3 aromatic rings. The molecule has 0 fully saturated rings. The third kappa shape index (κ3) is 5.73. The lowest BCUT2D eigenvalue weighted by Gasteiger charge is -2.17. The van der Waals surface area contributed by atoms with E-state index in [1.165, 1.54) is 10.8 Å². The summed E-state index contributed by atoms with van der Waals surface area (Å²) in [7, 11) is 2.16. The summed E-state index contributed by atoms with van der Waals surface area (Å²) in [5, 5.41) is 6.67. The lowest BCUT2D eigenvalue weighted by atomic mass is 10.1. The molecular formula is C22H27ClN4. The number of fused-ring (bicyclic) bond motifs is 1. The first kappa shape index (κ1) is 19.7. The Kier molecular flexibility index (Phi) is 7.16. The zero-order valence-corrected chi connectivity index (χ0v) is 16.8. The first-order valence-corrected chi connectivity index (χ1v) is 9.84. The largest absolute Gasteiger partial charge is 0.311 e. The van der Waals surface area contributed by atoms with Crippen molar-refractivity contribution in [3.63, 3.8) is 0 Å². The number of pyridine rings is 2. The first-order valence-electron chi connectivity index (χ1n) is 9.46. The maximum atomic E-state index is 5.95. The molecule has 0 aliphatic carbocycles. The summed E-state index contributed by atoms with van der Waals surface area (Å²) >= 11 is 5.95. The molecule has 0 aliphatic rings. The number of unbranched alkanes of at least 4 members (excludes halogenated alkanes) is 1. The van der Waals surface area contributed by atoms with Crippen molar-refractivity contribution in [2.45, 2.75) is 32.9 Å². The Morgan fingerprint density at radius 3 is 2.78 bits per heavy atom. The van der Waals surface area contributed by atoms with Gasteiger partial charge in [0.1, 0.15) is 0 Å². The van der Waals surface area contributed by atoms with Crippen molar-refractivity contribution in [1.82, 2.24) is 20.2 Å². The quantitative estimate of drug-likeness (QED) is 0.549. The molecule has 5 heteroatoms. The molecule has 0 unspecified atom stereocenters. The summed E-state index contributed by atoms with van der Waals surface area (Å²) in [6.07, 6.45) is 5.91. The lowest BCUT2D eigenvalue weighted by Crippen LogP contribution is -2.22. The summed E-state index contributed by atoms with van der Waals surface area (Å²) in [4.78, 5) is 11.3. The molecular weight excluding hydrogens is 356 g/mol. The van der Waals surface area contributed by atoms with Gasteiger partial charge < -0.3 is 10.2 Å². The van der Waals surface area contributed by atoms with E-state index in [9.17, 15) is 0 Å². The summed E-state index contributed by atoms with van der Waals surface area (Å²) in [5.74, 6) is 0. The molecule has 0 amide bonds. The summed E-state index contributed by atoms with van der Waals surface area (Å²) in [6, 6.07) is 12.5. The van der Waals surface area contributed by atoms with E-state index in [1.807, 2.05) is 19.2 Å². The van der Waals surface area contributed by atoms with E-state index in [0.29, 0.717) is 5.02 Å². The van der Waals surface area contributed by atoms with E-state index in [-0.39, 0.29) is 0 Å². The number of aryl methyl sites for hydroxylation is 1. The van der Waals surface area contributed by atoms with Crippen LogP contribution in [0.2, 0.25) is 5.02 Å². The summed E-state index contributed by atoms with van der Waals surface area (Å²) in [5.41, 5.74) is 3.36. The number of hydrogen-bond acceptors (Lipinski definition) is 4. The number of hydrogen-bond donors (Lipinski definition) is 1. The van der Waals surface area contributed by atoms with E-state index >= 15 is 0 Å². The third-order valence-corrected chi connectivity index (χ3v) is 4.97. The zero-order chi connectivity index (χ0) is 19.1. The van der Waals surface area contributed by atoms with Gasteiger partial charge in [-0.05, 0) is 63.0 Å². The van der Waals surface area contributed by atoms with E-state index in [1.54, 1.807) is 6.20 Å². The van der Waals surface area contributed by atoms with Crippen LogP contribution >= 0.6 is 11.6 Å². The van der Waals surface area contributed by atoms with Gasteiger partial charge in [0, 0.05) is 30.9 Å². The minimum absolute atomic E-state index is 0.694. The maximum Gasteiger partial charge on any atom is 0.0622 e. The Bertz CT molecular complexity index is 876. The predicted molar refractivity (Wildman–Crippen MR) is 113 cm³/mol. The van der Waals surface area contributed by atoms with Crippen LogP contribution in [0.3, 0.4) is 0 Å². The number of halogens is 1. The molecule has 2 aromatic heterocycles. The SMILES string of the molecule is Cc1cc(Cl)cnc1CNCCCCN(C)Cc1nccc2ccccc12.